The van der Waals surface area contributed by atoms with Gasteiger partial charge in [-0.05, 0) is 31.4 Å². The number of carbonyl (C=O) groups excluding carboxylic acids is 2. The maximum Gasteiger partial charge on any atom is 0.261 e. The Bertz CT molecular complexity index is 928. The zero-order valence-corrected chi connectivity index (χ0v) is 16.6. The average Bonchev–Trinajstić information content (AvgIpc) is 3.09. The minimum Gasteiger partial charge on any atom is -0.496 e. The van der Waals surface area contributed by atoms with Crippen LogP contribution in [-0.4, -0.2) is 36.6 Å². The van der Waals surface area contributed by atoms with Crippen molar-refractivity contribution in [3.05, 3.63) is 45.4 Å². The van der Waals surface area contributed by atoms with Gasteiger partial charge in [0.25, 0.3) is 11.8 Å². The molecule has 0 aliphatic heterocycles. The first-order valence-electron chi connectivity index (χ1n) is 8.66. The van der Waals surface area contributed by atoms with Crippen LogP contribution in [0, 0.1) is 5.82 Å². The van der Waals surface area contributed by atoms with Gasteiger partial charge in [0.15, 0.2) is 6.61 Å². The van der Waals surface area contributed by atoms with Crippen LogP contribution in [0.3, 0.4) is 0 Å². The number of hydrogen-bond acceptors (Lipinski definition) is 5. The second kappa shape index (κ2) is 6.93. The fourth-order valence-corrected chi connectivity index (χ4v) is 4.81. The van der Waals surface area contributed by atoms with E-state index in [1.807, 2.05) is 0 Å². The number of rotatable bonds is 7. The van der Waals surface area contributed by atoms with Crippen LogP contribution in [0.4, 0.5) is 4.39 Å². The molecule has 2 N–H and O–H groups in total. The van der Waals surface area contributed by atoms with Gasteiger partial charge in [-0.3, -0.25) is 9.59 Å². The van der Waals surface area contributed by atoms with E-state index < -0.39 is 5.82 Å². The molecule has 5 rings (SSSR count). The molecule has 0 atom stereocenters. The molecule has 2 bridgehead atoms. The number of carbonyl (C=O) groups is 2. The summed E-state index contributed by atoms with van der Waals surface area (Å²) in [5.41, 5.74) is -0.534. The van der Waals surface area contributed by atoms with Crippen LogP contribution in [0.25, 0.3) is 0 Å². The van der Waals surface area contributed by atoms with Gasteiger partial charge in [0, 0.05) is 28.6 Å². The monoisotopic (exact) mass is 424 g/mol. The largest absolute Gasteiger partial charge is 0.496 e. The van der Waals surface area contributed by atoms with E-state index >= 15 is 0 Å². The predicted molar refractivity (Wildman–Crippen MR) is 103 cm³/mol. The Morgan fingerprint density at radius 1 is 1.18 bits per heavy atom. The van der Waals surface area contributed by atoms with Crippen molar-refractivity contribution >= 4 is 34.8 Å². The Hall–Kier alpha value is -2.32. The van der Waals surface area contributed by atoms with Gasteiger partial charge in [-0.15, -0.1) is 11.3 Å². The van der Waals surface area contributed by atoms with Gasteiger partial charge in [-0.1, -0.05) is 11.6 Å². The van der Waals surface area contributed by atoms with Crippen LogP contribution in [0.15, 0.2) is 29.6 Å². The maximum atomic E-state index is 13.4. The van der Waals surface area contributed by atoms with Crippen LogP contribution in [0.1, 0.15) is 28.9 Å². The second-order valence-electron chi connectivity index (χ2n) is 7.31. The van der Waals surface area contributed by atoms with Gasteiger partial charge >= 0.3 is 0 Å². The molecule has 0 unspecified atom stereocenters. The highest BCUT2D eigenvalue weighted by Crippen LogP contribution is 2.60. The Morgan fingerprint density at radius 2 is 1.89 bits per heavy atom. The summed E-state index contributed by atoms with van der Waals surface area (Å²) >= 11 is 6.95. The van der Waals surface area contributed by atoms with Crippen LogP contribution in [-0.2, 0) is 4.79 Å². The summed E-state index contributed by atoms with van der Waals surface area (Å²) in [6.45, 7) is -0.211. The second-order valence-corrected chi connectivity index (χ2v) is 8.63. The van der Waals surface area contributed by atoms with E-state index in [2.05, 4.69) is 10.6 Å². The predicted octanol–water partition coefficient (Wildman–Crippen LogP) is 3.15. The molecule has 6 nitrogen and oxygen atoms in total. The van der Waals surface area contributed by atoms with Crippen molar-refractivity contribution < 1.29 is 23.5 Å². The number of benzene rings is 1. The van der Waals surface area contributed by atoms with Crippen LogP contribution in [0.2, 0.25) is 5.02 Å². The van der Waals surface area contributed by atoms with Gasteiger partial charge < -0.3 is 20.1 Å². The summed E-state index contributed by atoms with van der Waals surface area (Å²) in [5.74, 6) is -0.0964. The van der Waals surface area contributed by atoms with Crippen molar-refractivity contribution in [2.75, 3.05) is 13.7 Å². The molecule has 2 amide bonds. The highest BCUT2D eigenvalue weighted by molar-refractivity contribution is 7.12. The molecule has 3 fully saturated rings. The van der Waals surface area contributed by atoms with E-state index in [9.17, 15) is 14.0 Å². The van der Waals surface area contributed by atoms with Crippen LogP contribution < -0.4 is 20.1 Å². The number of halogens is 2. The lowest BCUT2D eigenvalue weighted by Gasteiger charge is -2.70. The van der Waals surface area contributed by atoms with Gasteiger partial charge in [-0.2, -0.15) is 0 Å². The quantitative estimate of drug-likeness (QED) is 0.715. The zero-order valence-electron chi connectivity index (χ0n) is 15.0. The lowest BCUT2D eigenvalue weighted by Crippen LogP contribution is -2.84. The topological polar surface area (TPSA) is 76.7 Å². The minimum absolute atomic E-state index is 0.000921. The molecule has 1 aromatic carbocycles. The molecule has 2 aromatic rings. The van der Waals surface area contributed by atoms with Crippen molar-refractivity contribution in [2.24, 2.45) is 0 Å². The number of nitrogens with one attached hydrogen (secondary N) is 2. The number of amides is 2. The highest BCUT2D eigenvalue weighted by Gasteiger charge is 2.69. The molecule has 9 heteroatoms. The molecular formula is C19H18ClFN2O4S. The SMILES string of the molecule is COc1csc(C(=O)NC23CC(NC(=O)COc4ccc(Cl)c(F)c4)(C2)C3)c1. The zero-order chi connectivity index (χ0) is 19.9. The Morgan fingerprint density at radius 3 is 2.54 bits per heavy atom. The molecule has 148 valence electrons. The first-order valence-corrected chi connectivity index (χ1v) is 9.92. The van der Waals surface area contributed by atoms with E-state index in [1.165, 1.54) is 23.5 Å². The van der Waals surface area contributed by atoms with Crippen molar-refractivity contribution in [3.8, 4) is 11.5 Å². The average molecular weight is 425 g/mol. The van der Waals surface area contributed by atoms with Gasteiger partial charge in [0.1, 0.15) is 17.3 Å². The lowest BCUT2D eigenvalue weighted by molar-refractivity contribution is -0.141. The summed E-state index contributed by atoms with van der Waals surface area (Å²) in [6, 6.07) is 5.73. The van der Waals surface area contributed by atoms with Gasteiger partial charge in [-0.25, -0.2) is 4.39 Å². The Balaban J connectivity index is 1.23. The summed E-state index contributed by atoms with van der Waals surface area (Å²) in [4.78, 5) is 25.1. The van der Waals surface area contributed by atoms with Gasteiger partial charge in [0.05, 0.1) is 17.0 Å². The molecule has 3 saturated carbocycles. The van der Waals surface area contributed by atoms with E-state index in [1.54, 1.807) is 18.6 Å². The maximum absolute atomic E-state index is 13.4. The van der Waals surface area contributed by atoms with Crippen LogP contribution in [0.5, 0.6) is 11.5 Å². The van der Waals surface area contributed by atoms with E-state index in [0.717, 1.165) is 6.07 Å². The summed E-state index contributed by atoms with van der Waals surface area (Å²) in [7, 11) is 1.56. The normalized spacial score (nSPS) is 24.5. The fraction of sp³-hybridized carbons (Fsp3) is 0.368. The number of ether oxygens (including phenoxy) is 2. The fourth-order valence-electron chi connectivity index (χ4n) is 3.95. The molecule has 3 aliphatic carbocycles. The standard InChI is InChI=1S/C19H18ClFN2O4S/c1-26-12-5-15(28-7-12)17(25)23-19-8-18(9-19,10-19)22-16(24)6-27-11-2-3-13(20)14(21)4-11/h2-5,7H,6,8-10H2,1H3,(H,22,24)(H,23,25). The lowest BCUT2D eigenvalue weighted by atomic mass is 9.44. The molecular weight excluding hydrogens is 407 g/mol. The summed E-state index contributed by atoms with van der Waals surface area (Å²) < 4.78 is 23.8. The van der Waals surface area contributed by atoms with Crippen LogP contribution >= 0.6 is 22.9 Å². The Labute approximate surface area is 170 Å². The van der Waals surface area contributed by atoms with Gasteiger partial charge in [0.2, 0.25) is 0 Å². The highest BCUT2D eigenvalue weighted by atomic mass is 35.5. The summed E-state index contributed by atoms with van der Waals surface area (Å²) in [6.07, 6.45) is 2.07. The molecule has 0 spiro atoms. The summed E-state index contributed by atoms with van der Waals surface area (Å²) in [5, 5.41) is 7.79. The number of thiophene rings is 1. The first kappa shape index (κ1) is 19.0. The van der Waals surface area contributed by atoms with Crippen molar-refractivity contribution in [1.29, 1.82) is 0 Å². The van der Waals surface area contributed by atoms with E-state index in [-0.39, 0.29) is 40.3 Å². The number of hydrogen-bond donors (Lipinski definition) is 2. The first-order chi connectivity index (χ1) is 13.3. The third-order valence-corrected chi connectivity index (χ3v) is 6.32. The Kier molecular flexibility index (Phi) is 4.71. The van der Waals surface area contributed by atoms with Crippen molar-refractivity contribution in [1.82, 2.24) is 10.6 Å². The van der Waals surface area contributed by atoms with Crippen molar-refractivity contribution in [2.45, 2.75) is 30.3 Å². The molecule has 1 heterocycles. The molecule has 1 aromatic heterocycles. The smallest absolute Gasteiger partial charge is 0.261 e. The minimum atomic E-state index is -0.597. The molecule has 0 radical (unpaired) electrons. The number of methoxy groups -OCH3 is 1. The molecule has 28 heavy (non-hydrogen) atoms. The third kappa shape index (κ3) is 3.54. The molecule has 0 saturated heterocycles. The van der Waals surface area contributed by atoms with Crippen molar-refractivity contribution in [3.63, 3.8) is 0 Å². The van der Waals surface area contributed by atoms with E-state index in [0.29, 0.717) is 29.9 Å². The molecule has 3 aliphatic rings. The third-order valence-electron chi connectivity index (χ3n) is 5.11. The van der Waals surface area contributed by atoms with E-state index in [4.69, 9.17) is 21.1 Å².